The van der Waals surface area contributed by atoms with Gasteiger partial charge in [0.1, 0.15) is 0 Å². The van der Waals surface area contributed by atoms with E-state index in [1.807, 2.05) is 12.1 Å². The standard InChI is InChI=1S/C29H41.C13H8Cl2.C5H5.2ClH.Zr/c1-26(2,3)22-14-18-13-19-15-23(27(4,5)6)25(29(10,11)12)17-21(19)20(18)16-24(22)28(7,8)9;14-12-5-1-3-10(8-12)7-11-4-2-6-13(15)9-11;1-2-4-5-3-1;;;/h13-17H,1-12H3;1-6,8-9H;1-3H,4H2;2*1H;. The summed E-state index contributed by atoms with van der Waals surface area (Å²) in [5.74, 6) is 0. The molecule has 0 N–H and O–H groups in total. The number of halogens is 4. The monoisotopic (exact) mass is 850 g/mol. The summed E-state index contributed by atoms with van der Waals surface area (Å²) in [6.07, 6.45) is 8.09. The molecule has 0 saturated heterocycles. The van der Waals surface area contributed by atoms with Gasteiger partial charge in [0, 0.05) is 0 Å². The molecule has 0 fully saturated rings. The maximum absolute atomic E-state index is 6.81. The van der Waals surface area contributed by atoms with Crippen LogP contribution >= 0.6 is 48.0 Å². The van der Waals surface area contributed by atoms with Gasteiger partial charge in [-0.25, -0.2) is 0 Å². The average Bonchev–Trinajstić information content (AvgIpc) is 3.63. The number of hydrogen-bond donors (Lipinski definition) is 0. The van der Waals surface area contributed by atoms with E-state index in [2.05, 4.69) is 162 Å². The second-order valence-electron chi connectivity index (χ2n) is 18.5. The molecule has 0 bridgehead atoms. The molecule has 0 unspecified atom stereocenters. The predicted molar refractivity (Wildman–Crippen MR) is 231 cm³/mol. The molecule has 276 valence electrons. The van der Waals surface area contributed by atoms with Crippen LogP contribution in [0.2, 0.25) is 10.0 Å². The van der Waals surface area contributed by atoms with E-state index in [-0.39, 0.29) is 50.1 Å². The van der Waals surface area contributed by atoms with Gasteiger partial charge >= 0.3 is 322 Å². The predicted octanol–water partition coefficient (Wildman–Crippen LogP) is 14.8. The van der Waals surface area contributed by atoms with Crippen LogP contribution < -0.4 is 0 Å². The summed E-state index contributed by atoms with van der Waals surface area (Å²) in [5.41, 5.74) is 14.1. The molecule has 5 heteroatoms. The van der Waals surface area contributed by atoms with Crippen LogP contribution in [0.4, 0.5) is 0 Å². The number of benzene rings is 4. The Balaban J connectivity index is 0.00000302. The summed E-state index contributed by atoms with van der Waals surface area (Å²) in [4.78, 5) is 0. The van der Waals surface area contributed by atoms with E-state index in [0.29, 0.717) is 0 Å². The fourth-order valence-corrected chi connectivity index (χ4v) is 17.3. The molecular formula is C47H56Cl4Zr. The maximum atomic E-state index is 6.81. The van der Waals surface area contributed by atoms with Gasteiger partial charge < -0.3 is 0 Å². The van der Waals surface area contributed by atoms with Crippen molar-refractivity contribution in [2.45, 2.75) is 115 Å². The SMILES string of the molecule is CC(C)(C)c1cc2c(cc1C(C)(C)C)[CH]([Zr]([C]1=CC=CC1)=[C](c1cccc(Cl)c1)c1cccc(Cl)c1)c1cc(C(C)(C)C)c(C(C)(C)C)cc1-2.Cl.Cl. The van der Waals surface area contributed by atoms with Crippen molar-refractivity contribution in [1.29, 1.82) is 0 Å². The van der Waals surface area contributed by atoms with Gasteiger partial charge in [-0.3, -0.25) is 0 Å². The van der Waals surface area contributed by atoms with E-state index in [1.54, 1.807) is 3.28 Å². The van der Waals surface area contributed by atoms with Gasteiger partial charge in [0.15, 0.2) is 0 Å². The van der Waals surface area contributed by atoms with E-state index >= 15 is 0 Å². The van der Waals surface area contributed by atoms with Gasteiger partial charge in [-0.1, -0.05) is 0 Å². The molecule has 52 heavy (non-hydrogen) atoms. The Bertz CT molecular complexity index is 1960. The van der Waals surface area contributed by atoms with Gasteiger partial charge in [0.05, 0.1) is 0 Å². The van der Waals surface area contributed by atoms with Crippen LogP contribution in [-0.4, -0.2) is 3.21 Å². The second-order valence-corrected chi connectivity index (χ2v) is 25.7. The van der Waals surface area contributed by atoms with Crippen LogP contribution in [-0.2, 0) is 42.9 Å². The zero-order valence-corrected chi connectivity index (χ0v) is 38.6. The zero-order chi connectivity index (χ0) is 36.6. The van der Waals surface area contributed by atoms with E-state index < -0.39 is 21.3 Å². The van der Waals surface area contributed by atoms with Crippen molar-refractivity contribution >= 4 is 51.2 Å². The Morgan fingerprint density at radius 3 is 1.27 bits per heavy atom. The van der Waals surface area contributed by atoms with Crippen molar-refractivity contribution in [3.63, 3.8) is 0 Å². The third-order valence-electron chi connectivity index (χ3n) is 10.4. The van der Waals surface area contributed by atoms with Gasteiger partial charge in [0.2, 0.25) is 0 Å². The van der Waals surface area contributed by atoms with Crippen molar-refractivity contribution in [2.24, 2.45) is 0 Å². The third kappa shape index (κ3) is 8.41. The summed E-state index contributed by atoms with van der Waals surface area (Å²) in [7, 11) is 0. The number of hydrogen-bond acceptors (Lipinski definition) is 0. The normalized spacial score (nSPS) is 14.3. The van der Waals surface area contributed by atoms with Crippen molar-refractivity contribution in [3.8, 4) is 11.1 Å². The van der Waals surface area contributed by atoms with E-state index in [9.17, 15) is 0 Å². The molecule has 0 aromatic heterocycles. The smallest absolute Gasteiger partial charge is 0.147 e. The Kier molecular flexibility index (Phi) is 12.8. The fraction of sp³-hybridized carbons (Fsp3) is 0.383. The van der Waals surface area contributed by atoms with Gasteiger partial charge in [0.25, 0.3) is 0 Å². The molecule has 0 nitrogen and oxygen atoms in total. The number of fused-ring (bicyclic) bond motifs is 3. The van der Waals surface area contributed by atoms with Crippen LogP contribution in [0, 0.1) is 0 Å². The van der Waals surface area contributed by atoms with Crippen molar-refractivity contribution in [1.82, 2.24) is 0 Å². The molecule has 0 amide bonds. The molecule has 4 aromatic rings. The summed E-state index contributed by atoms with van der Waals surface area (Å²) in [5, 5.41) is 1.54. The van der Waals surface area contributed by atoms with E-state index in [1.165, 1.54) is 58.8 Å². The molecule has 0 heterocycles. The minimum atomic E-state index is -2.98. The summed E-state index contributed by atoms with van der Waals surface area (Å²) in [6, 6.07) is 27.6. The van der Waals surface area contributed by atoms with Crippen molar-refractivity contribution < 1.29 is 21.3 Å². The maximum Gasteiger partial charge on any atom is -0.147 e. The van der Waals surface area contributed by atoms with Gasteiger partial charge in [-0.05, 0) is 0 Å². The van der Waals surface area contributed by atoms with E-state index in [0.717, 1.165) is 16.5 Å². The molecule has 2 aliphatic rings. The Morgan fingerprint density at radius 2 is 0.942 bits per heavy atom. The minimum absolute atomic E-state index is 0. The molecule has 0 spiro atoms. The molecule has 6 rings (SSSR count). The van der Waals surface area contributed by atoms with Crippen LogP contribution in [0.25, 0.3) is 11.1 Å². The summed E-state index contributed by atoms with van der Waals surface area (Å²) >= 11 is 10.6. The largest absolute Gasteiger partial charge is 0.147 e. The fourth-order valence-electron chi connectivity index (χ4n) is 8.04. The van der Waals surface area contributed by atoms with Crippen LogP contribution in [0.3, 0.4) is 0 Å². The topological polar surface area (TPSA) is 0 Å². The van der Waals surface area contributed by atoms with E-state index in [4.69, 9.17) is 23.2 Å². The second kappa shape index (κ2) is 15.4. The van der Waals surface area contributed by atoms with Crippen molar-refractivity contribution in [3.05, 3.63) is 149 Å². The average molecular weight is 854 g/mol. The first-order chi connectivity index (χ1) is 23.2. The van der Waals surface area contributed by atoms with Gasteiger partial charge in [-0.2, -0.15) is 0 Å². The number of rotatable bonds is 4. The minimum Gasteiger partial charge on any atom is -0.147 e. The first-order valence-corrected chi connectivity index (χ1v) is 22.8. The Labute approximate surface area is 344 Å². The first-order valence-electron chi connectivity index (χ1n) is 18.2. The molecule has 2 aliphatic carbocycles. The first kappa shape index (κ1) is 43.0. The number of allylic oxidation sites excluding steroid dienone is 4. The van der Waals surface area contributed by atoms with Crippen molar-refractivity contribution in [2.75, 3.05) is 0 Å². The molecular weight excluding hydrogens is 798 g/mol. The quantitative estimate of drug-likeness (QED) is 0.192. The molecule has 4 aromatic carbocycles. The molecule has 0 atom stereocenters. The zero-order valence-electron chi connectivity index (χ0n) is 33.0. The molecule has 0 saturated carbocycles. The summed E-state index contributed by atoms with van der Waals surface area (Å²) < 4.78 is 3.36. The third-order valence-corrected chi connectivity index (χ3v) is 19.2. The van der Waals surface area contributed by atoms with Crippen LogP contribution in [0.5, 0.6) is 0 Å². The van der Waals surface area contributed by atoms with Crippen LogP contribution in [0.15, 0.2) is 94.3 Å². The van der Waals surface area contributed by atoms with Gasteiger partial charge in [-0.15, -0.1) is 24.8 Å². The summed E-state index contributed by atoms with van der Waals surface area (Å²) in [6.45, 7) is 28.6. The Hall–Kier alpha value is -1.73. The molecule has 0 radical (unpaired) electrons. The molecule has 0 aliphatic heterocycles. The van der Waals surface area contributed by atoms with Crippen LogP contribution in [0.1, 0.15) is 138 Å². The Morgan fingerprint density at radius 1 is 0.558 bits per heavy atom.